The molecular weight excluding hydrogens is 246 g/mol. The molecule has 0 fully saturated rings. The SMILES string of the molecule is C[C@@H](CN(C)C[C@@H](O)c1ccccc1)c1ccccc1. The van der Waals surface area contributed by atoms with Gasteiger partial charge < -0.3 is 10.0 Å². The highest BCUT2D eigenvalue weighted by Crippen LogP contribution is 2.18. The first-order chi connectivity index (χ1) is 9.66. The summed E-state index contributed by atoms with van der Waals surface area (Å²) >= 11 is 0. The molecule has 0 aliphatic carbocycles. The molecule has 0 heterocycles. The highest BCUT2D eigenvalue weighted by molar-refractivity contribution is 5.19. The van der Waals surface area contributed by atoms with Crippen LogP contribution >= 0.6 is 0 Å². The molecule has 0 spiro atoms. The number of nitrogens with zero attached hydrogens (tertiary/aromatic N) is 1. The molecule has 2 rings (SSSR count). The van der Waals surface area contributed by atoms with E-state index in [1.807, 2.05) is 36.4 Å². The first-order valence-corrected chi connectivity index (χ1v) is 7.13. The Balaban J connectivity index is 1.88. The molecule has 0 saturated heterocycles. The van der Waals surface area contributed by atoms with Crippen molar-refractivity contribution in [1.29, 1.82) is 0 Å². The smallest absolute Gasteiger partial charge is 0.0916 e. The Labute approximate surface area is 121 Å². The third-order valence-electron chi connectivity index (χ3n) is 3.62. The lowest BCUT2D eigenvalue weighted by atomic mass is 10.0. The summed E-state index contributed by atoms with van der Waals surface area (Å²) in [4.78, 5) is 2.19. The van der Waals surface area contributed by atoms with Crippen molar-refractivity contribution in [2.24, 2.45) is 0 Å². The molecule has 0 bridgehead atoms. The van der Waals surface area contributed by atoms with Crippen LogP contribution in [0.4, 0.5) is 0 Å². The van der Waals surface area contributed by atoms with Gasteiger partial charge in [-0.15, -0.1) is 0 Å². The summed E-state index contributed by atoms with van der Waals surface area (Å²) in [6, 6.07) is 20.3. The number of aliphatic hydroxyl groups excluding tert-OH is 1. The summed E-state index contributed by atoms with van der Waals surface area (Å²) in [7, 11) is 2.06. The van der Waals surface area contributed by atoms with Crippen molar-refractivity contribution >= 4 is 0 Å². The van der Waals surface area contributed by atoms with Crippen LogP contribution in [0.25, 0.3) is 0 Å². The lowest BCUT2D eigenvalue weighted by Crippen LogP contribution is -2.28. The van der Waals surface area contributed by atoms with Crippen LogP contribution in [0.3, 0.4) is 0 Å². The first kappa shape index (κ1) is 14.8. The van der Waals surface area contributed by atoms with E-state index >= 15 is 0 Å². The van der Waals surface area contributed by atoms with E-state index in [9.17, 15) is 5.11 Å². The Morgan fingerprint density at radius 3 is 1.90 bits per heavy atom. The van der Waals surface area contributed by atoms with Gasteiger partial charge in [0.25, 0.3) is 0 Å². The molecular formula is C18H23NO. The molecule has 20 heavy (non-hydrogen) atoms. The monoisotopic (exact) mass is 269 g/mol. The van der Waals surface area contributed by atoms with Crippen molar-refractivity contribution in [2.75, 3.05) is 20.1 Å². The lowest BCUT2D eigenvalue weighted by molar-refractivity contribution is 0.124. The predicted molar refractivity (Wildman–Crippen MR) is 83.8 cm³/mol. The zero-order valence-corrected chi connectivity index (χ0v) is 12.2. The quantitative estimate of drug-likeness (QED) is 0.868. The molecule has 0 radical (unpaired) electrons. The summed E-state index contributed by atoms with van der Waals surface area (Å²) in [6.07, 6.45) is -0.427. The van der Waals surface area contributed by atoms with Gasteiger partial charge in [0.05, 0.1) is 6.10 Å². The molecule has 0 amide bonds. The van der Waals surface area contributed by atoms with E-state index in [2.05, 4.69) is 43.1 Å². The second-order valence-corrected chi connectivity index (χ2v) is 5.46. The summed E-state index contributed by atoms with van der Waals surface area (Å²) < 4.78 is 0. The summed E-state index contributed by atoms with van der Waals surface area (Å²) in [5, 5.41) is 10.2. The van der Waals surface area contributed by atoms with Gasteiger partial charge in [-0.1, -0.05) is 67.6 Å². The number of hydrogen-bond acceptors (Lipinski definition) is 2. The Morgan fingerprint density at radius 2 is 1.35 bits per heavy atom. The fraction of sp³-hybridized carbons (Fsp3) is 0.333. The number of benzene rings is 2. The summed E-state index contributed by atoms with van der Waals surface area (Å²) in [6.45, 7) is 3.82. The minimum atomic E-state index is -0.427. The van der Waals surface area contributed by atoms with Crippen molar-refractivity contribution in [3.63, 3.8) is 0 Å². The zero-order chi connectivity index (χ0) is 14.4. The maximum atomic E-state index is 10.2. The number of rotatable bonds is 6. The number of likely N-dealkylation sites (N-methyl/N-ethyl adjacent to an activating group) is 1. The maximum Gasteiger partial charge on any atom is 0.0916 e. The van der Waals surface area contributed by atoms with Crippen LogP contribution in [-0.4, -0.2) is 30.1 Å². The standard InChI is InChI=1S/C18H23NO/c1-15(16-9-5-3-6-10-16)13-19(2)14-18(20)17-11-7-4-8-12-17/h3-12,15,18,20H,13-14H2,1-2H3/t15-,18+/m0/s1. The topological polar surface area (TPSA) is 23.5 Å². The molecule has 2 atom stereocenters. The molecule has 0 unspecified atom stereocenters. The van der Waals surface area contributed by atoms with Gasteiger partial charge in [0.15, 0.2) is 0 Å². The van der Waals surface area contributed by atoms with Crippen LogP contribution in [-0.2, 0) is 0 Å². The molecule has 0 aliphatic rings. The predicted octanol–water partition coefficient (Wildman–Crippen LogP) is 3.46. The average molecular weight is 269 g/mol. The maximum absolute atomic E-state index is 10.2. The molecule has 106 valence electrons. The molecule has 0 aliphatic heterocycles. The highest BCUT2D eigenvalue weighted by atomic mass is 16.3. The van der Waals surface area contributed by atoms with Crippen LogP contribution in [0.2, 0.25) is 0 Å². The van der Waals surface area contributed by atoms with Gasteiger partial charge in [0, 0.05) is 13.1 Å². The molecule has 2 heteroatoms. The van der Waals surface area contributed by atoms with Crippen molar-refractivity contribution < 1.29 is 5.11 Å². The van der Waals surface area contributed by atoms with E-state index in [1.165, 1.54) is 5.56 Å². The Bertz CT molecular complexity index is 450. The Morgan fingerprint density at radius 1 is 0.850 bits per heavy atom. The second kappa shape index (κ2) is 7.22. The van der Waals surface area contributed by atoms with E-state index in [0.717, 1.165) is 12.1 Å². The molecule has 0 saturated carbocycles. The Kier molecular flexibility index (Phi) is 5.33. The fourth-order valence-electron chi connectivity index (χ4n) is 2.50. The van der Waals surface area contributed by atoms with Gasteiger partial charge in [0.1, 0.15) is 0 Å². The van der Waals surface area contributed by atoms with Gasteiger partial charge in [-0.05, 0) is 24.1 Å². The van der Waals surface area contributed by atoms with E-state index < -0.39 is 6.10 Å². The van der Waals surface area contributed by atoms with Crippen molar-refractivity contribution in [3.8, 4) is 0 Å². The number of aliphatic hydroxyl groups is 1. The molecule has 1 N–H and O–H groups in total. The average Bonchev–Trinajstić information content (AvgIpc) is 2.49. The van der Waals surface area contributed by atoms with Crippen LogP contribution in [0.15, 0.2) is 60.7 Å². The van der Waals surface area contributed by atoms with Crippen LogP contribution in [0, 0.1) is 0 Å². The van der Waals surface area contributed by atoms with E-state index in [1.54, 1.807) is 0 Å². The van der Waals surface area contributed by atoms with Crippen molar-refractivity contribution in [2.45, 2.75) is 18.9 Å². The third-order valence-corrected chi connectivity index (χ3v) is 3.62. The Hall–Kier alpha value is -1.64. The normalized spacial score (nSPS) is 14.2. The van der Waals surface area contributed by atoms with Gasteiger partial charge in [0.2, 0.25) is 0 Å². The molecule has 0 aromatic heterocycles. The van der Waals surface area contributed by atoms with E-state index in [0.29, 0.717) is 12.5 Å². The highest BCUT2D eigenvalue weighted by Gasteiger charge is 2.13. The van der Waals surface area contributed by atoms with Gasteiger partial charge in [-0.25, -0.2) is 0 Å². The van der Waals surface area contributed by atoms with Crippen molar-refractivity contribution in [3.05, 3.63) is 71.8 Å². The van der Waals surface area contributed by atoms with Gasteiger partial charge >= 0.3 is 0 Å². The number of hydrogen-bond donors (Lipinski definition) is 1. The molecule has 2 aromatic rings. The lowest BCUT2D eigenvalue weighted by Gasteiger charge is -2.24. The molecule has 2 aromatic carbocycles. The van der Waals surface area contributed by atoms with Gasteiger partial charge in [-0.3, -0.25) is 0 Å². The van der Waals surface area contributed by atoms with Crippen LogP contribution < -0.4 is 0 Å². The summed E-state index contributed by atoms with van der Waals surface area (Å²) in [5.41, 5.74) is 2.32. The summed E-state index contributed by atoms with van der Waals surface area (Å²) in [5.74, 6) is 0.462. The second-order valence-electron chi connectivity index (χ2n) is 5.46. The van der Waals surface area contributed by atoms with Crippen molar-refractivity contribution in [1.82, 2.24) is 4.90 Å². The van der Waals surface area contributed by atoms with E-state index in [4.69, 9.17) is 0 Å². The first-order valence-electron chi connectivity index (χ1n) is 7.13. The van der Waals surface area contributed by atoms with Crippen LogP contribution in [0.1, 0.15) is 30.1 Å². The molecule has 2 nitrogen and oxygen atoms in total. The van der Waals surface area contributed by atoms with Gasteiger partial charge in [-0.2, -0.15) is 0 Å². The largest absolute Gasteiger partial charge is 0.387 e. The third kappa shape index (κ3) is 4.19. The zero-order valence-electron chi connectivity index (χ0n) is 12.2. The van der Waals surface area contributed by atoms with E-state index in [-0.39, 0.29) is 0 Å². The fourth-order valence-corrected chi connectivity index (χ4v) is 2.50. The minimum absolute atomic E-state index is 0.427. The minimum Gasteiger partial charge on any atom is -0.387 e. The van der Waals surface area contributed by atoms with Crippen LogP contribution in [0.5, 0.6) is 0 Å².